The van der Waals surface area contributed by atoms with Crippen molar-refractivity contribution in [1.82, 2.24) is 0 Å². The summed E-state index contributed by atoms with van der Waals surface area (Å²) >= 11 is 0. The first-order valence-electron chi connectivity index (χ1n) is 6.65. The smallest absolute Gasteiger partial charge is 0.0348 e. The van der Waals surface area contributed by atoms with Crippen LogP contribution in [-0.4, -0.2) is 0 Å². The van der Waals surface area contributed by atoms with Gasteiger partial charge in [0.05, 0.1) is 0 Å². The van der Waals surface area contributed by atoms with Gasteiger partial charge in [-0.25, -0.2) is 0 Å². The Morgan fingerprint density at radius 2 is 0.786 bits per heavy atom. The topological polar surface area (TPSA) is 0 Å². The van der Waals surface area contributed by atoms with Crippen molar-refractivity contribution in [3.8, 4) is 0 Å². The monoisotopic (exact) mass is 198 g/mol. The van der Waals surface area contributed by atoms with Crippen molar-refractivity contribution in [2.24, 2.45) is 0 Å². The first-order chi connectivity index (χ1) is 7.00. The Hall–Kier alpha value is -0.260. The van der Waals surface area contributed by atoms with Gasteiger partial charge in [0.1, 0.15) is 0 Å². The molecule has 86 valence electrons. The summed E-state index contributed by atoms with van der Waals surface area (Å²) < 4.78 is 0. The summed E-state index contributed by atoms with van der Waals surface area (Å²) in [7, 11) is 0. The predicted octanol–water partition coefficient (Wildman–Crippen LogP) is 5.73. The van der Waals surface area contributed by atoms with Crippen molar-refractivity contribution in [3.05, 3.63) is 12.2 Å². The summed E-state index contributed by atoms with van der Waals surface area (Å²) in [6.07, 6.45) is 16.0. The highest BCUT2D eigenvalue weighted by molar-refractivity contribution is 4.88. The maximum atomic E-state index is 2.24. The average Bonchev–Trinajstić information content (AvgIpc) is 3.01. The molecule has 0 aliphatic heterocycles. The lowest BCUT2D eigenvalue weighted by molar-refractivity contribution is 0.886. The minimum Gasteiger partial charge on any atom is -0.0885 e. The summed E-state index contributed by atoms with van der Waals surface area (Å²) in [4.78, 5) is 0. The molecule has 0 aromatic heterocycles. The third-order valence-corrected chi connectivity index (χ3v) is 2.16. The van der Waals surface area contributed by atoms with Gasteiger partial charge < -0.3 is 0 Å². The predicted molar refractivity (Wildman–Crippen MR) is 68.8 cm³/mol. The Morgan fingerprint density at radius 1 is 0.500 bits per heavy atom. The molecule has 0 heteroatoms. The second kappa shape index (κ2) is 18.5. The van der Waals surface area contributed by atoms with Crippen molar-refractivity contribution < 1.29 is 0 Å². The highest BCUT2D eigenvalue weighted by Gasteiger charge is 1.95. The van der Waals surface area contributed by atoms with Gasteiger partial charge in [-0.15, -0.1) is 0 Å². The molecule has 0 aromatic carbocycles. The minimum atomic E-state index is 1.32. The largest absolute Gasteiger partial charge is 0.0885 e. The molecule has 1 fully saturated rings. The number of hydrogen-bond donors (Lipinski definition) is 0. The second-order valence-corrected chi connectivity index (χ2v) is 3.17. The fraction of sp³-hybridized carbons (Fsp3) is 0.857. The van der Waals surface area contributed by atoms with E-state index >= 15 is 0 Å². The van der Waals surface area contributed by atoms with Crippen LogP contribution in [0.25, 0.3) is 0 Å². The average molecular weight is 198 g/mol. The van der Waals surface area contributed by atoms with Crippen molar-refractivity contribution in [3.63, 3.8) is 0 Å². The molecule has 0 N–H and O–H groups in total. The number of hydrogen-bond acceptors (Lipinski definition) is 0. The molecule has 0 amide bonds. The quantitative estimate of drug-likeness (QED) is 0.436. The maximum absolute atomic E-state index is 2.24. The number of allylic oxidation sites excluding steroid dienone is 2. The van der Waals surface area contributed by atoms with Crippen LogP contribution in [0, 0.1) is 0 Å². The Bertz CT molecular complexity index is 74.6. The van der Waals surface area contributed by atoms with Gasteiger partial charge in [0, 0.05) is 0 Å². The maximum Gasteiger partial charge on any atom is -0.0348 e. The van der Waals surface area contributed by atoms with E-state index in [1.54, 1.807) is 0 Å². The molecule has 2 aliphatic rings. The van der Waals surface area contributed by atoms with Gasteiger partial charge >= 0.3 is 0 Å². The van der Waals surface area contributed by atoms with Crippen LogP contribution in [0.4, 0.5) is 0 Å². The zero-order valence-electron chi connectivity index (χ0n) is 10.8. The van der Waals surface area contributed by atoms with Gasteiger partial charge in [-0.1, -0.05) is 72.0 Å². The van der Waals surface area contributed by atoms with Crippen molar-refractivity contribution in [1.29, 1.82) is 0 Å². The normalized spacial score (nSPS) is 16.9. The van der Waals surface area contributed by atoms with Crippen LogP contribution < -0.4 is 0 Å². The third-order valence-electron chi connectivity index (χ3n) is 2.16. The molecule has 1 saturated carbocycles. The first-order valence-corrected chi connectivity index (χ1v) is 6.65. The van der Waals surface area contributed by atoms with Crippen LogP contribution in [0.1, 0.15) is 79.1 Å². The van der Waals surface area contributed by atoms with Crippen molar-refractivity contribution >= 4 is 0 Å². The van der Waals surface area contributed by atoms with E-state index in [2.05, 4.69) is 12.2 Å². The molecule has 0 bridgehead atoms. The molecule has 0 nitrogen and oxygen atoms in total. The highest BCUT2D eigenvalue weighted by atomic mass is 14.0. The van der Waals surface area contributed by atoms with E-state index in [0.29, 0.717) is 0 Å². The van der Waals surface area contributed by atoms with Crippen LogP contribution in [0.3, 0.4) is 0 Å². The Balaban J connectivity index is 0. The molecule has 0 radical (unpaired) electrons. The zero-order chi connectivity index (χ0) is 11.1. The second-order valence-electron chi connectivity index (χ2n) is 3.17. The van der Waals surface area contributed by atoms with Gasteiger partial charge in [-0.2, -0.15) is 0 Å². The van der Waals surface area contributed by atoms with Gasteiger partial charge in [0.15, 0.2) is 0 Å². The van der Waals surface area contributed by atoms with Gasteiger partial charge in [-0.3, -0.25) is 0 Å². The Morgan fingerprint density at radius 3 is 0.929 bits per heavy atom. The van der Waals surface area contributed by atoms with Crippen LogP contribution in [0.15, 0.2) is 12.2 Å². The molecule has 14 heavy (non-hydrogen) atoms. The standard InChI is InChI=1S/C5H10.C5H8.2C2H6/c2*1-2-4-5-3-1;2*1-2/h1-5H2;1-2H,3-5H2;2*1-2H3. The minimum absolute atomic E-state index is 1.32. The van der Waals surface area contributed by atoms with E-state index in [1.165, 1.54) is 51.4 Å². The molecule has 0 unspecified atom stereocenters. The molecule has 2 rings (SSSR count). The number of rotatable bonds is 0. The SMILES string of the molecule is C1=CCCC1.C1CCCC1.CC.CC. The fourth-order valence-corrected chi connectivity index (χ4v) is 1.47. The van der Waals surface area contributed by atoms with Crippen molar-refractivity contribution in [2.75, 3.05) is 0 Å². The molecular weight excluding hydrogens is 168 g/mol. The van der Waals surface area contributed by atoms with Crippen LogP contribution in [-0.2, 0) is 0 Å². The van der Waals surface area contributed by atoms with Crippen LogP contribution >= 0.6 is 0 Å². The fourth-order valence-electron chi connectivity index (χ4n) is 1.47. The van der Waals surface area contributed by atoms with E-state index < -0.39 is 0 Å². The van der Waals surface area contributed by atoms with E-state index in [9.17, 15) is 0 Å². The molecule has 0 spiro atoms. The molecule has 0 saturated heterocycles. The molecule has 2 aliphatic carbocycles. The molecule has 0 atom stereocenters. The van der Waals surface area contributed by atoms with E-state index in [0.717, 1.165) is 0 Å². The summed E-state index contributed by atoms with van der Waals surface area (Å²) in [5, 5.41) is 0. The van der Waals surface area contributed by atoms with Gasteiger partial charge in [0.2, 0.25) is 0 Å². The lowest BCUT2D eigenvalue weighted by atomic mass is 10.4. The molecule has 0 heterocycles. The summed E-state index contributed by atoms with van der Waals surface area (Å²) in [5.41, 5.74) is 0. The third kappa shape index (κ3) is 14.3. The molecular formula is C14H30. The zero-order valence-corrected chi connectivity index (χ0v) is 10.8. The first kappa shape index (κ1) is 16.2. The Labute approximate surface area is 91.8 Å². The Kier molecular flexibility index (Phi) is 21.4. The summed E-state index contributed by atoms with van der Waals surface area (Å²) in [6.45, 7) is 8.00. The van der Waals surface area contributed by atoms with Gasteiger partial charge in [-0.05, 0) is 19.3 Å². The van der Waals surface area contributed by atoms with Crippen LogP contribution in [0.5, 0.6) is 0 Å². The molecule has 0 aromatic rings. The lowest BCUT2D eigenvalue weighted by Gasteiger charge is -1.69. The highest BCUT2D eigenvalue weighted by Crippen LogP contribution is 2.15. The summed E-state index contributed by atoms with van der Waals surface area (Å²) in [6, 6.07) is 0. The lowest BCUT2D eigenvalue weighted by Crippen LogP contribution is -1.50. The van der Waals surface area contributed by atoms with E-state index in [4.69, 9.17) is 0 Å². The van der Waals surface area contributed by atoms with E-state index in [-0.39, 0.29) is 0 Å². The van der Waals surface area contributed by atoms with E-state index in [1.807, 2.05) is 27.7 Å². The van der Waals surface area contributed by atoms with Crippen molar-refractivity contribution in [2.45, 2.75) is 79.1 Å². The summed E-state index contributed by atoms with van der Waals surface area (Å²) in [5.74, 6) is 0. The van der Waals surface area contributed by atoms with Gasteiger partial charge in [0.25, 0.3) is 0 Å². The van der Waals surface area contributed by atoms with Crippen LogP contribution in [0.2, 0.25) is 0 Å².